The number of carbonyl (C=O) groups is 1. The van der Waals surface area contributed by atoms with Gasteiger partial charge in [-0.1, -0.05) is 23.7 Å². The molecule has 0 aliphatic rings. The van der Waals surface area contributed by atoms with Crippen molar-refractivity contribution in [3.63, 3.8) is 0 Å². The van der Waals surface area contributed by atoms with E-state index in [9.17, 15) is 9.59 Å². The van der Waals surface area contributed by atoms with Crippen LogP contribution in [0, 0.1) is 0 Å². The normalized spacial score (nSPS) is 10.6. The number of hydrogen-bond donors (Lipinski definition) is 0. The van der Waals surface area contributed by atoms with Crippen LogP contribution in [0.4, 0.5) is 0 Å². The number of ether oxygens (including phenoxy) is 3. The van der Waals surface area contributed by atoms with Gasteiger partial charge in [0, 0.05) is 6.07 Å². The third-order valence-electron chi connectivity index (χ3n) is 4.38. The second-order valence-corrected chi connectivity index (χ2v) is 6.87. The third kappa shape index (κ3) is 4.54. The number of halogens is 1. The van der Waals surface area contributed by atoms with Crippen LogP contribution in [-0.2, 0) is 0 Å². The summed E-state index contributed by atoms with van der Waals surface area (Å²) in [6.45, 7) is 2.42. The molecule has 0 bridgehead atoms. The molecular weight excluding hydrogens is 420 g/mol. The molecule has 0 unspecified atom stereocenters. The summed E-state index contributed by atoms with van der Waals surface area (Å²) >= 11 is 6.08. The van der Waals surface area contributed by atoms with E-state index in [1.807, 2.05) is 6.92 Å². The summed E-state index contributed by atoms with van der Waals surface area (Å²) in [7, 11) is 0. The van der Waals surface area contributed by atoms with Gasteiger partial charge in [-0.2, -0.15) is 0 Å². The van der Waals surface area contributed by atoms with Crippen molar-refractivity contribution in [1.82, 2.24) is 0 Å². The number of esters is 1. The average molecular weight is 437 g/mol. The van der Waals surface area contributed by atoms with Gasteiger partial charge in [0.2, 0.25) is 11.2 Å². The van der Waals surface area contributed by atoms with Gasteiger partial charge in [0.25, 0.3) is 0 Å². The Kier molecular flexibility index (Phi) is 5.91. The SMILES string of the molecule is CCOc1ccc(C(=O)Oc2ccc3c(=O)c(Oc4ccccc4Cl)coc3c2)cc1. The van der Waals surface area contributed by atoms with E-state index in [0.717, 1.165) is 0 Å². The van der Waals surface area contributed by atoms with Crippen LogP contribution in [0.25, 0.3) is 11.0 Å². The van der Waals surface area contributed by atoms with Crippen LogP contribution in [0.1, 0.15) is 17.3 Å². The van der Waals surface area contributed by atoms with Gasteiger partial charge in [0.05, 0.1) is 22.6 Å². The predicted molar refractivity (Wildman–Crippen MR) is 117 cm³/mol. The predicted octanol–water partition coefficient (Wildman–Crippen LogP) is 5.86. The van der Waals surface area contributed by atoms with Gasteiger partial charge >= 0.3 is 5.97 Å². The van der Waals surface area contributed by atoms with Gasteiger partial charge in [0.1, 0.15) is 29.1 Å². The van der Waals surface area contributed by atoms with Gasteiger partial charge in [-0.25, -0.2) is 4.79 Å². The van der Waals surface area contributed by atoms with Gasteiger partial charge in [-0.15, -0.1) is 0 Å². The zero-order valence-corrected chi connectivity index (χ0v) is 17.2. The lowest BCUT2D eigenvalue weighted by molar-refractivity contribution is 0.0735. The Bertz CT molecular complexity index is 1290. The second kappa shape index (κ2) is 8.93. The van der Waals surface area contributed by atoms with Crippen molar-refractivity contribution in [2.45, 2.75) is 6.92 Å². The Hall–Kier alpha value is -3.77. The Morgan fingerprint density at radius 2 is 1.71 bits per heavy atom. The molecule has 1 heterocycles. The molecule has 4 aromatic rings. The molecule has 0 saturated carbocycles. The van der Waals surface area contributed by atoms with Crippen LogP contribution in [0.3, 0.4) is 0 Å². The zero-order chi connectivity index (χ0) is 21.8. The second-order valence-electron chi connectivity index (χ2n) is 6.47. The molecule has 0 amide bonds. The fraction of sp³-hybridized carbons (Fsp3) is 0.0833. The smallest absolute Gasteiger partial charge is 0.343 e. The highest BCUT2D eigenvalue weighted by atomic mass is 35.5. The van der Waals surface area contributed by atoms with E-state index in [1.165, 1.54) is 24.5 Å². The van der Waals surface area contributed by atoms with E-state index < -0.39 is 5.97 Å². The van der Waals surface area contributed by atoms with Crippen LogP contribution >= 0.6 is 11.6 Å². The summed E-state index contributed by atoms with van der Waals surface area (Å²) in [6, 6.07) is 17.9. The fourth-order valence-corrected chi connectivity index (χ4v) is 3.07. The minimum absolute atomic E-state index is 0.000247. The van der Waals surface area contributed by atoms with E-state index >= 15 is 0 Å². The first-order valence-corrected chi connectivity index (χ1v) is 9.86. The Morgan fingerprint density at radius 3 is 2.45 bits per heavy atom. The molecular formula is C24H17ClO6. The van der Waals surface area contributed by atoms with E-state index in [0.29, 0.717) is 28.7 Å². The number of para-hydroxylation sites is 1. The topological polar surface area (TPSA) is 75.0 Å². The summed E-state index contributed by atoms with van der Waals surface area (Å²) in [4.78, 5) is 25.1. The van der Waals surface area contributed by atoms with Crippen LogP contribution in [-0.4, -0.2) is 12.6 Å². The van der Waals surface area contributed by atoms with E-state index in [2.05, 4.69) is 0 Å². The van der Waals surface area contributed by atoms with Crippen molar-refractivity contribution in [3.05, 3.63) is 93.8 Å². The number of carbonyl (C=O) groups excluding carboxylic acids is 1. The molecule has 3 aromatic carbocycles. The quantitative estimate of drug-likeness (QED) is 0.278. The molecule has 0 radical (unpaired) electrons. The molecule has 31 heavy (non-hydrogen) atoms. The highest BCUT2D eigenvalue weighted by Crippen LogP contribution is 2.29. The standard InChI is InChI=1S/C24H17ClO6/c1-2-28-16-9-7-15(8-10-16)24(27)30-17-11-12-18-21(13-17)29-14-22(23(18)26)31-20-6-4-3-5-19(20)25/h3-14H,2H2,1H3. The van der Waals surface area contributed by atoms with Crippen molar-refractivity contribution in [2.24, 2.45) is 0 Å². The maximum atomic E-state index is 12.7. The summed E-state index contributed by atoms with van der Waals surface area (Å²) in [5, 5.41) is 0.656. The molecule has 0 aliphatic carbocycles. The van der Waals surface area contributed by atoms with Gasteiger partial charge in [0.15, 0.2) is 0 Å². The molecule has 0 fully saturated rings. The highest BCUT2D eigenvalue weighted by Gasteiger charge is 2.14. The molecule has 0 atom stereocenters. The lowest BCUT2D eigenvalue weighted by atomic mass is 10.2. The molecule has 0 aliphatic heterocycles. The highest BCUT2D eigenvalue weighted by molar-refractivity contribution is 6.32. The molecule has 7 heteroatoms. The Balaban J connectivity index is 1.55. The van der Waals surface area contributed by atoms with Crippen LogP contribution in [0.2, 0.25) is 5.02 Å². The van der Waals surface area contributed by atoms with Crippen LogP contribution in [0.5, 0.6) is 23.0 Å². The minimum atomic E-state index is -0.539. The van der Waals surface area contributed by atoms with E-state index in [1.54, 1.807) is 48.5 Å². The van der Waals surface area contributed by atoms with Crippen LogP contribution in [0.15, 0.2) is 82.2 Å². The van der Waals surface area contributed by atoms with Gasteiger partial charge in [-0.3, -0.25) is 4.79 Å². The first kappa shape index (κ1) is 20.5. The first-order valence-electron chi connectivity index (χ1n) is 9.48. The summed E-state index contributed by atoms with van der Waals surface area (Å²) in [5.74, 6) is 0.718. The lowest BCUT2D eigenvalue weighted by Gasteiger charge is -2.08. The summed E-state index contributed by atoms with van der Waals surface area (Å²) < 4.78 is 21.9. The Labute approximate surface area is 182 Å². The van der Waals surface area contributed by atoms with Crippen molar-refractivity contribution in [2.75, 3.05) is 6.61 Å². The largest absolute Gasteiger partial charge is 0.494 e. The molecule has 6 nitrogen and oxygen atoms in total. The number of rotatable bonds is 6. The number of fused-ring (bicyclic) bond motifs is 1. The van der Waals surface area contributed by atoms with Crippen molar-refractivity contribution >= 4 is 28.5 Å². The summed E-state index contributed by atoms with van der Waals surface area (Å²) in [5.41, 5.74) is 0.257. The van der Waals surface area contributed by atoms with Gasteiger partial charge in [-0.05, 0) is 55.5 Å². The number of benzene rings is 3. The maximum absolute atomic E-state index is 12.7. The zero-order valence-electron chi connectivity index (χ0n) is 16.5. The monoisotopic (exact) mass is 436 g/mol. The molecule has 0 N–H and O–H groups in total. The maximum Gasteiger partial charge on any atom is 0.343 e. The fourth-order valence-electron chi connectivity index (χ4n) is 2.89. The van der Waals surface area contributed by atoms with Gasteiger partial charge < -0.3 is 18.6 Å². The minimum Gasteiger partial charge on any atom is -0.494 e. The van der Waals surface area contributed by atoms with Crippen molar-refractivity contribution in [1.29, 1.82) is 0 Å². The van der Waals surface area contributed by atoms with Crippen molar-refractivity contribution in [3.8, 4) is 23.0 Å². The molecule has 4 rings (SSSR count). The molecule has 1 aromatic heterocycles. The third-order valence-corrected chi connectivity index (χ3v) is 4.69. The lowest BCUT2D eigenvalue weighted by Crippen LogP contribution is -2.09. The molecule has 156 valence electrons. The van der Waals surface area contributed by atoms with Crippen molar-refractivity contribution < 1.29 is 23.4 Å². The first-order chi connectivity index (χ1) is 15.0. The average Bonchev–Trinajstić information content (AvgIpc) is 2.78. The van der Waals surface area contributed by atoms with Crippen LogP contribution < -0.4 is 19.6 Å². The Morgan fingerprint density at radius 1 is 0.968 bits per heavy atom. The van der Waals surface area contributed by atoms with E-state index in [4.69, 9.17) is 30.2 Å². The number of hydrogen-bond acceptors (Lipinski definition) is 6. The molecule has 0 spiro atoms. The summed E-state index contributed by atoms with van der Waals surface area (Å²) in [6.07, 6.45) is 1.20. The molecule has 0 saturated heterocycles. The van der Waals surface area contributed by atoms with E-state index in [-0.39, 0.29) is 27.9 Å².